The van der Waals surface area contributed by atoms with Gasteiger partial charge in [-0.2, -0.15) is 0 Å². The molecule has 1 aliphatic rings. The Hall–Kier alpha value is -1.06. The minimum Gasteiger partial charge on any atom is -0.321 e. The van der Waals surface area contributed by atoms with Crippen LogP contribution in [-0.2, 0) is 5.54 Å². The molecule has 0 radical (unpaired) electrons. The van der Waals surface area contributed by atoms with Crippen LogP contribution in [0.25, 0.3) is 5.52 Å². The van der Waals surface area contributed by atoms with Gasteiger partial charge in [0, 0.05) is 11.7 Å². The van der Waals surface area contributed by atoms with Gasteiger partial charge in [-0.1, -0.05) is 17.7 Å². The standard InChI is InChI=1S/C11H12ClN3/c1-7-14-10(12)9-3-2-8(6-15(7)9)11(13)4-5-11/h2-3,6H,4-5,13H2,1H3. The van der Waals surface area contributed by atoms with Crippen molar-refractivity contribution in [2.75, 3.05) is 0 Å². The van der Waals surface area contributed by atoms with E-state index in [1.54, 1.807) is 0 Å². The Morgan fingerprint density at radius 2 is 2.20 bits per heavy atom. The third kappa shape index (κ3) is 1.27. The van der Waals surface area contributed by atoms with Crippen LogP contribution in [0.4, 0.5) is 0 Å². The lowest BCUT2D eigenvalue weighted by Crippen LogP contribution is -2.19. The van der Waals surface area contributed by atoms with Crippen molar-refractivity contribution in [3.8, 4) is 0 Å². The maximum atomic E-state index is 6.15. The number of nitrogens with zero attached hydrogens (tertiary/aromatic N) is 2. The first-order valence-corrected chi connectivity index (χ1v) is 5.41. The Labute approximate surface area is 92.9 Å². The average molecular weight is 222 g/mol. The zero-order valence-corrected chi connectivity index (χ0v) is 9.25. The van der Waals surface area contributed by atoms with Crippen LogP contribution in [-0.4, -0.2) is 9.38 Å². The van der Waals surface area contributed by atoms with E-state index in [1.807, 2.05) is 17.4 Å². The number of nitrogens with two attached hydrogens (primary N) is 1. The van der Waals surface area contributed by atoms with Gasteiger partial charge in [-0.3, -0.25) is 0 Å². The van der Waals surface area contributed by atoms with Gasteiger partial charge in [0.25, 0.3) is 0 Å². The lowest BCUT2D eigenvalue weighted by atomic mass is 10.1. The first-order chi connectivity index (χ1) is 7.10. The maximum absolute atomic E-state index is 6.15. The molecule has 0 saturated heterocycles. The number of rotatable bonds is 1. The Morgan fingerprint density at radius 3 is 2.87 bits per heavy atom. The molecule has 4 heteroatoms. The summed E-state index contributed by atoms with van der Waals surface area (Å²) in [5.41, 5.74) is 8.17. The third-order valence-electron chi connectivity index (χ3n) is 3.13. The fourth-order valence-corrected chi connectivity index (χ4v) is 2.18. The second kappa shape index (κ2) is 2.74. The fourth-order valence-electron chi connectivity index (χ4n) is 1.91. The van der Waals surface area contributed by atoms with Crippen molar-refractivity contribution in [2.24, 2.45) is 5.73 Å². The van der Waals surface area contributed by atoms with Gasteiger partial charge in [-0.05, 0) is 31.4 Å². The lowest BCUT2D eigenvalue weighted by Gasteiger charge is -2.09. The summed E-state index contributed by atoms with van der Waals surface area (Å²) in [5.74, 6) is 0.904. The van der Waals surface area contributed by atoms with E-state index in [0.717, 1.165) is 24.2 Å². The minimum atomic E-state index is -0.0998. The van der Waals surface area contributed by atoms with E-state index >= 15 is 0 Å². The molecule has 2 N–H and O–H groups in total. The minimum absolute atomic E-state index is 0.0998. The molecule has 3 nitrogen and oxygen atoms in total. The zero-order valence-electron chi connectivity index (χ0n) is 8.50. The molecule has 15 heavy (non-hydrogen) atoms. The monoisotopic (exact) mass is 221 g/mol. The molecule has 0 atom stereocenters. The highest BCUT2D eigenvalue weighted by Gasteiger charge is 2.40. The summed E-state index contributed by atoms with van der Waals surface area (Å²) in [7, 11) is 0. The summed E-state index contributed by atoms with van der Waals surface area (Å²) in [6.45, 7) is 1.94. The van der Waals surface area contributed by atoms with Crippen molar-refractivity contribution >= 4 is 17.1 Å². The highest BCUT2D eigenvalue weighted by molar-refractivity contribution is 6.32. The van der Waals surface area contributed by atoms with Crippen LogP contribution in [0.2, 0.25) is 5.15 Å². The van der Waals surface area contributed by atoms with Crippen LogP contribution < -0.4 is 5.73 Å². The molecule has 1 fully saturated rings. The number of pyridine rings is 1. The smallest absolute Gasteiger partial charge is 0.155 e. The van der Waals surface area contributed by atoms with Gasteiger partial charge in [-0.25, -0.2) is 4.98 Å². The Kier molecular flexibility index (Phi) is 1.68. The molecule has 0 spiro atoms. The SMILES string of the molecule is Cc1nc(Cl)c2ccc(C3(N)CC3)cn12. The number of aryl methyl sites for hydroxylation is 1. The Balaban J connectivity index is 2.25. The van der Waals surface area contributed by atoms with E-state index in [2.05, 4.69) is 17.2 Å². The summed E-state index contributed by atoms with van der Waals surface area (Å²) >= 11 is 6.00. The van der Waals surface area contributed by atoms with Crippen LogP contribution in [0.5, 0.6) is 0 Å². The van der Waals surface area contributed by atoms with Crippen LogP contribution >= 0.6 is 11.6 Å². The third-order valence-corrected chi connectivity index (χ3v) is 3.41. The Morgan fingerprint density at radius 1 is 1.47 bits per heavy atom. The number of halogens is 1. The van der Waals surface area contributed by atoms with Crippen LogP contribution in [0.15, 0.2) is 18.3 Å². The van der Waals surface area contributed by atoms with Gasteiger partial charge in [0.05, 0.1) is 5.52 Å². The van der Waals surface area contributed by atoms with E-state index in [0.29, 0.717) is 5.15 Å². The molecule has 0 amide bonds. The Bertz CT molecular complexity index is 540. The molecule has 2 heterocycles. The molecular weight excluding hydrogens is 210 g/mol. The van der Waals surface area contributed by atoms with Crippen molar-refractivity contribution in [3.63, 3.8) is 0 Å². The van der Waals surface area contributed by atoms with Gasteiger partial charge < -0.3 is 10.1 Å². The molecule has 0 unspecified atom stereocenters. The molecular formula is C11H12ClN3. The van der Waals surface area contributed by atoms with Gasteiger partial charge in [0.2, 0.25) is 0 Å². The van der Waals surface area contributed by atoms with Crippen molar-refractivity contribution in [1.29, 1.82) is 0 Å². The maximum Gasteiger partial charge on any atom is 0.155 e. The molecule has 3 rings (SSSR count). The summed E-state index contributed by atoms with van der Waals surface area (Å²) in [5, 5.41) is 0.556. The summed E-state index contributed by atoms with van der Waals surface area (Å²) in [4.78, 5) is 4.22. The first kappa shape index (κ1) is 9.19. The van der Waals surface area contributed by atoms with Crippen molar-refractivity contribution in [1.82, 2.24) is 9.38 Å². The molecule has 1 saturated carbocycles. The fraction of sp³-hybridized carbons (Fsp3) is 0.364. The van der Waals surface area contributed by atoms with Crippen molar-refractivity contribution in [2.45, 2.75) is 25.3 Å². The number of hydrogen-bond donors (Lipinski definition) is 1. The second-order valence-electron chi connectivity index (χ2n) is 4.28. The number of aromatic nitrogens is 2. The molecule has 1 aliphatic carbocycles. The van der Waals surface area contributed by atoms with Gasteiger partial charge in [0.1, 0.15) is 5.82 Å². The van der Waals surface area contributed by atoms with E-state index in [9.17, 15) is 0 Å². The summed E-state index contributed by atoms with van der Waals surface area (Å²) < 4.78 is 2.00. The topological polar surface area (TPSA) is 43.3 Å². The van der Waals surface area contributed by atoms with E-state index < -0.39 is 0 Å². The van der Waals surface area contributed by atoms with Crippen LogP contribution in [0, 0.1) is 6.92 Å². The summed E-state index contributed by atoms with van der Waals surface area (Å²) in [6, 6.07) is 4.04. The lowest BCUT2D eigenvalue weighted by molar-refractivity contribution is 0.731. The highest BCUT2D eigenvalue weighted by Crippen LogP contribution is 2.42. The van der Waals surface area contributed by atoms with Gasteiger partial charge in [0.15, 0.2) is 5.15 Å². The number of hydrogen-bond acceptors (Lipinski definition) is 2. The molecule has 0 bridgehead atoms. The molecule has 78 valence electrons. The molecule has 0 aromatic carbocycles. The quantitative estimate of drug-likeness (QED) is 0.803. The first-order valence-electron chi connectivity index (χ1n) is 5.04. The number of fused-ring (bicyclic) bond motifs is 1. The predicted octanol–water partition coefficient (Wildman–Crippen LogP) is 2.24. The molecule has 2 aromatic rings. The average Bonchev–Trinajstić information content (AvgIpc) is 2.90. The van der Waals surface area contributed by atoms with Crippen LogP contribution in [0.1, 0.15) is 24.2 Å². The zero-order chi connectivity index (χ0) is 10.6. The predicted molar refractivity (Wildman–Crippen MR) is 60.0 cm³/mol. The normalized spacial score (nSPS) is 18.3. The highest BCUT2D eigenvalue weighted by atomic mass is 35.5. The van der Waals surface area contributed by atoms with Crippen molar-refractivity contribution < 1.29 is 0 Å². The van der Waals surface area contributed by atoms with E-state index in [-0.39, 0.29) is 5.54 Å². The van der Waals surface area contributed by atoms with Gasteiger partial charge >= 0.3 is 0 Å². The van der Waals surface area contributed by atoms with Gasteiger partial charge in [-0.15, -0.1) is 0 Å². The largest absolute Gasteiger partial charge is 0.321 e. The molecule has 0 aliphatic heterocycles. The number of imidazole rings is 1. The second-order valence-corrected chi connectivity index (χ2v) is 4.64. The summed E-state index contributed by atoms with van der Waals surface area (Å²) in [6.07, 6.45) is 4.19. The van der Waals surface area contributed by atoms with E-state index in [1.165, 1.54) is 5.56 Å². The van der Waals surface area contributed by atoms with Crippen LogP contribution in [0.3, 0.4) is 0 Å². The van der Waals surface area contributed by atoms with Crippen molar-refractivity contribution in [3.05, 3.63) is 34.9 Å². The van der Waals surface area contributed by atoms with E-state index in [4.69, 9.17) is 17.3 Å². The molecule has 2 aromatic heterocycles.